The number of anilines is 1. The van der Waals surface area contributed by atoms with E-state index in [0.29, 0.717) is 6.54 Å². The van der Waals surface area contributed by atoms with E-state index in [9.17, 15) is 0 Å². The van der Waals surface area contributed by atoms with Crippen molar-refractivity contribution < 1.29 is 4.74 Å². The molecular formula is C13H20N2O. The minimum atomic E-state index is 0.150. The van der Waals surface area contributed by atoms with E-state index in [1.807, 2.05) is 0 Å². The number of nitrogens with one attached hydrogen (secondary N) is 1. The van der Waals surface area contributed by atoms with E-state index in [0.717, 1.165) is 19.8 Å². The second kappa shape index (κ2) is 4.44. The van der Waals surface area contributed by atoms with Crippen LogP contribution in [0, 0.1) is 19.3 Å². The lowest BCUT2D eigenvalue weighted by atomic mass is 9.86. The van der Waals surface area contributed by atoms with Crippen LogP contribution in [0.1, 0.15) is 11.1 Å². The first-order valence-corrected chi connectivity index (χ1v) is 5.74. The summed E-state index contributed by atoms with van der Waals surface area (Å²) in [5, 5.41) is 3.46. The molecule has 0 aliphatic carbocycles. The molecule has 1 aromatic carbocycles. The van der Waals surface area contributed by atoms with Gasteiger partial charge in [0.25, 0.3) is 0 Å². The Kier molecular flexibility index (Phi) is 3.17. The van der Waals surface area contributed by atoms with Crippen LogP contribution >= 0.6 is 0 Å². The van der Waals surface area contributed by atoms with Crippen LogP contribution in [0.25, 0.3) is 0 Å². The van der Waals surface area contributed by atoms with E-state index < -0.39 is 0 Å². The highest BCUT2D eigenvalue weighted by Gasteiger charge is 2.36. The number of rotatable bonds is 4. The van der Waals surface area contributed by atoms with Crippen LogP contribution in [0.5, 0.6) is 0 Å². The van der Waals surface area contributed by atoms with E-state index in [1.165, 1.54) is 16.8 Å². The van der Waals surface area contributed by atoms with Gasteiger partial charge < -0.3 is 15.8 Å². The zero-order valence-electron chi connectivity index (χ0n) is 10.0. The summed E-state index contributed by atoms with van der Waals surface area (Å²) in [7, 11) is 0. The smallest absolute Gasteiger partial charge is 0.0574 e. The van der Waals surface area contributed by atoms with Crippen LogP contribution in [0.4, 0.5) is 5.69 Å². The summed E-state index contributed by atoms with van der Waals surface area (Å²) >= 11 is 0. The van der Waals surface area contributed by atoms with Gasteiger partial charge in [0, 0.05) is 24.2 Å². The molecule has 0 atom stereocenters. The van der Waals surface area contributed by atoms with Crippen molar-refractivity contribution in [3.63, 3.8) is 0 Å². The number of hydrogen-bond donors (Lipinski definition) is 2. The monoisotopic (exact) mass is 220 g/mol. The van der Waals surface area contributed by atoms with Gasteiger partial charge >= 0.3 is 0 Å². The SMILES string of the molecule is Cc1cc(C)cc(NCC2(CN)COC2)c1. The molecule has 1 aromatic rings. The van der Waals surface area contributed by atoms with Crippen LogP contribution in [0.2, 0.25) is 0 Å². The van der Waals surface area contributed by atoms with Gasteiger partial charge in [-0.2, -0.15) is 0 Å². The molecule has 1 heterocycles. The second-order valence-electron chi connectivity index (χ2n) is 4.93. The Bertz CT molecular complexity index is 346. The maximum atomic E-state index is 5.77. The third-order valence-electron chi connectivity index (χ3n) is 3.14. The lowest BCUT2D eigenvalue weighted by Crippen LogP contribution is -2.52. The van der Waals surface area contributed by atoms with Gasteiger partial charge in [-0.1, -0.05) is 6.07 Å². The average molecular weight is 220 g/mol. The Morgan fingerprint density at radius 2 is 1.88 bits per heavy atom. The van der Waals surface area contributed by atoms with Crippen molar-refractivity contribution in [2.75, 3.05) is 31.6 Å². The van der Waals surface area contributed by atoms with Crippen LogP contribution in [0.15, 0.2) is 18.2 Å². The van der Waals surface area contributed by atoms with E-state index in [2.05, 4.69) is 37.4 Å². The molecule has 1 aliphatic rings. The molecule has 88 valence electrons. The van der Waals surface area contributed by atoms with Crippen molar-refractivity contribution in [3.05, 3.63) is 29.3 Å². The molecule has 0 aromatic heterocycles. The van der Waals surface area contributed by atoms with Crippen LogP contribution in [-0.2, 0) is 4.74 Å². The normalized spacial score (nSPS) is 17.9. The molecular weight excluding hydrogens is 200 g/mol. The Labute approximate surface area is 97.0 Å². The zero-order chi connectivity index (χ0) is 11.6. The number of nitrogens with two attached hydrogens (primary N) is 1. The number of aryl methyl sites for hydroxylation is 2. The molecule has 1 fully saturated rings. The molecule has 3 N–H and O–H groups in total. The molecule has 0 amide bonds. The fraction of sp³-hybridized carbons (Fsp3) is 0.538. The highest BCUT2D eigenvalue weighted by atomic mass is 16.5. The third-order valence-corrected chi connectivity index (χ3v) is 3.14. The largest absolute Gasteiger partial charge is 0.384 e. The average Bonchev–Trinajstić information content (AvgIpc) is 2.15. The fourth-order valence-corrected chi connectivity index (χ4v) is 2.05. The summed E-state index contributed by atoms with van der Waals surface area (Å²) in [6.45, 7) is 7.37. The van der Waals surface area contributed by atoms with Crippen molar-refractivity contribution in [1.29, 1.82) is 0 Å². The van der Waals surface area contributed by atoms with Gasteiger partial charge in [0.1, 0.15) is 0 Å². The Balaban J connectivity index is 1.98. The molecule has 0 bridgehead atoms. The minimum absolute atomic E-state index is 0.150. The molecule has 1 aliphatic heterocycles. The minimum Gasteiger partial charge on any atom is -0.384 e. The van der Waals surface area contributed by atoms with Crippen LogP contribution in [-0.4, -0.2) is 26.3 Å². The fourth-order valence-electron chi connectivity index (χ4n) is 2.05. The van der Waals surface area contributed by atoms with Crippen LogP contribution < -0.4 is 11.1 Å². The van der Waals surface area contributed by atoms with Crippen LogP contribution in [0.3, 0.4) is 0 Å². The maximum Gasteiger partial charge on any atom is 0.0574 e. The highest BCUT2D eigenvalue weighted by molar-refractivity contribution is 5.48. The zero-order valence-corrected chi connectivity index (χ0v) is 10.0. The van der Waals surface area contributed by atoms with Gasteiger partial charge in [-0.25, -0.2) is 0 Å². The van der Waals surface area contributed by atoms with Gasteiger partial charge in [0.15, 0.2) is 0 Å². The molecule has 0 unspecified atom stereocenters. The van der Waals surface area contributed by atoms with Gasteiger partial charge in [-0.05, 0) is 37.1 Å². The maximum absolute atomic E-state index is 5.77. The number of benzene rings is 1. The van der Waals surface area contributed by atoms with E-state index in [4.69, 9.17) is 10.5 Å². The predicted octanol–water partition coefficient (Wildman–Crippen LogP) is 1.69. The quantitative estimate of drug-likeness (QED) is 0.811. The standard InChI is InChI=1S/C13H20N2O/c1-10-3-11(2)5-12(4-10)15-7-13(6-14)8-16-9-13/h3-5,15H,6-9,14H2,1-2H3. The van der Waals surface area contributed by atoms with Gasteiger partial charge in [0.05, 0.1) is 13.2 Å². The molecule has 3 heteroatoms. The van der Waals surface area contributed by atoms with Crippen molar-refractivity contribution in [2.24, 2.45) is 11.1 Å². The molecule has 16 heavy (non-hydrogen) atoms. The number of ether oxygens (including phenoxy) is 1. The van der Waals surface area contributed by atoms with Crippen molar-refractivity contribution in [2.45, 2.75) is 13.8 Å². The molecule has 0 spiro atoms. The Morgan fingerprint density at radius 3 is 2.31 bits per heavy atom. The highest BCUT2D eigenvalue weighted by Crippen LogP contribution is 2.26. The van der Waals surface area contributed by atoms with E-state index in [1.54, 1.807) is 0 Å². The summed E-state index contributed by atoms with van der Waals surface area (Å²) in [6.07, 6.45) is 0. The second-order valence-corrected chi connectivity index (χ2v) is 4.93. The van der Waals surface area contributed by atoms with E-state index in [-0.39, 0.29) is 5.41 Å². The third kappa shape index (κ3) is 2.36. The lowest BCUT2D eigenvalue weighted by Gasteiger charge is -2.40. The number of hydrogen-bond acceptors (Lipinski definition) is 3. The first-order chi connectivity index (χ1) is 7.63. The Morgan fingerprint density at radius 1 is 1.25 bits per heavy atom. The van der Waals surface area contributed by atoms with E-state index >= 15 is 0 Å². The summed E-state index contributed by atoms with van der Waals surface area (Å²) < 4.78 is 5.24. The first kappa shape index (κ1) is 11.4. The summed E-state index contributed by atoms with van der Waals surface area (Å²) in [6, 6.07) is 6.50. The molecule has 0 radical (unpaired) electrons. The molecule has 0 saturated carbocycles. The first-order valence-electron chi connectivity index (χ1n) is 5.74. The summed E-state index contributed by atoms with van der Waals surface area (Å²) in [5.74, 6) is 0. The van der Waals surface area contributed by atoms with Crippen molar-refractivity contribution in [1.82, 2.24) is 0 Å². The van der Waals surface area contributed by atoms with Gasteiger partial charge in [-0.15, -0.1) is 0 Å². The summed E-state index contributed by atoms with van der Waals surface area (Å²) in [5.41, 5.74) is 9.67. The Hall–Kier alpha value is -1.06. The molecule has 3 nitrogen and oxygen atoms in total. The van der Waals surface area contributed by atoms with Crippen molar-refractivity contribution >= 4 is 5.69 Å². The summed E-state index contributed by atoms with van der Waals surface area (Å²) in [4.78, 5) is 0. The van der Waals surface area contributed by atoms with Crippen molar-refractivity contribution in [3.8, 4) is 0 Å². The predicted molar refractivity (Wildman–Crippen MR) is 66.7 cm³/mol. The van der Waals surface area contributed by atoms with Gasteiger partial charge in [0.2, 0.25) is 0 Å². The molecule has 2 rings (SSSR count). The molecule has 1 saturated heterocycles. The topological polar surface area (TPSA) is 47.3 Å². The lowest BCUT2D eigenvalue weighted by molar-refractivity contribution is -0.0979. The van der Waals surface area contributed by atoms with Gasteiger partial charge in [-0.3, -0.25) is 0 Å².